The molecule has 0 fully saturated rings. The van der Waals surface area contributed by atoms with Crippen molar-refractivity contribution in [2.75, 3.05) is 6.61 Å². The van der Waals surface area contributed by atoms with Gasteiger partial charge in [0.05, 0.1) is 13.0 Å². The molecule has 1 rings (SSSR count). The second-order valence-electron chi connectivity index (χ2n) is 5.66. The molecular formula is C18H30O2S. The lowest BCUT2D eigenvalue weighted by Crippen LogP contribution is -2.08. The van der Waals surface area contributed by atoms with Gasteiger partial charge in [0.15, 0.2) is 0 Å². The summed E-state index contributed by atoms with van der Waals surface area (Å²) in [4.78, 5) is 12.6. The second kappa shape index (κ2) is 12.9. The average Bonchev–Trinajstić information content (AvgIpc) is 2.97. The van der Waals surface area contributed by atoms with Crippen LogP contribution >= 0.6 is 11.3 Å². The highest BCUT2D eigenvalue weighted by molar-refractivity contribution is 7.10. The van der Waals surface area contributed by atoms with E-state index in [1.165, 1.54) is 57.8 Å². The van der Waals surface area contributed by atoms with E-state index in [9.17, 15) is 4.79 Å². The molecule has 0 amide bonds. The van der Waals surface area contributed by atoms with E-state index < -0.39 is 0 Å². The van der Waals surface area contributed by atoms with Crippen molar-refractivity contribution in [2.45, 2.75) is 77.6 Å². The monoisotopic (exact) mass is 310 g/mol. The van der Waals surface area contributed by atoms with Crippen molar-refractivity contribution in [1.29, 1.82) is 0 Å². The standard InChI is InChI=1S/C18H30O2S/c1-2-3-4-5-6-7-8-9-10-11-14-20-18(19)16-17-13-12-15-21-17/h12-13,15H,2-11,14,16H2,1H3. The maximum absolute atomic E-state index is 11.6. The molecule has 1 heterocycles. The minimum absolute atomic E-state index is 0.0895. The first-order valence-electron chi connectivity index (χ1n) is 8.51. The van der Waals surface area contributed by atoms with Crippen LogP contribution < -0.4 is 0 Å². The molecule has 0 aliphatic carbocycles. The molecule has 0 bridgehead atoms. The summed E-state index contributed by atoms with van der Waals surface area (Å²) in [5, 5.41) is 1.99. The van der Waals surface area contributed by atoms with E-state index in [1.807, 2.05) is 17.5 Å². The fraction of sp³-hybridized carbons (Fsp3) is 0.722. The largest absolute Gasteiger partial charge is 0.465 e. The van der Waals surface area contributed by atoms with Gasteiger partial charge in [0, 0.05) is 4.88 Å². The highest BCUT2D eigenvalue weighted by Gasteiger charge is 2.04. The number of hydrogen-bond donors (Lipinski definition) is 0. The molecule has 0 N–H and O–H groups in total. The van der Waals surface area contributed by atoms with E-state index in [0.29, 0.717) is 13.0 Å². The highest BCUT2D eigenvalue weighted by atomic mass is 32.1. The van der Waals surface area contributed by atoms with Crippen LogP contribution in [0.15, 0.2) is 17.5 Å². The molecule has 1 aromatic rings. The Hall–Kier alpha value is -0.830. The van der Waals surface area contributed by atoms with Crippen LogP contribution in [-0.4, -0.2) is 12.6 Å². The quantitative estimate of drug-likeness (QED) is 0.342. The zero-order valence-corrected chi connectivity index (χ0v) is 14.3. The summed E-state index contributed by atoms with van der Waals surface area (Å²) in [7, 11) is 0. The molecule has 1 aromatic heterocycles. The molecule has 0 aliphatic heterocycles. The zero-order valence-electron chi connectivity index (χ0n) is 13.4. The minimum Gasteiger partial charge on any atom is -0.465 e. The Morgan fingerprint density at radius 2 is 1.62 bits per heavy atom. The van der Waals surface area contributed by atoms with Crippen LogP contribution in [0.1, 0.15) is 76.0 Å². The predicted octanol–water partition coefficient (Wildman–Crippen LogP) is 5.75. The summed E-state index contributed by atoms with van der Waals surface area (Å²) in [5.74, 6) is -0.0895. The molecule has 0 atom stereocenters. The molecule has 2 nitrogen and oxygen atoms in total. The topological polar surface area (TPSA) is 26.3 Å². The van der Waals surface area contributed by atoms with Gasteiger partial charge in [-0.3, -0.25) is 4.79 Å². The zero-order chi connectivity index (χ0) is 15.2. The Labute approximate surface area is 133 Å². The Balaban J connectivity index is 1.81. The Morgan fingerprint density at radius 1 is 1.00 bits per heavy atom. The van der Waals surface area contributed by atoms with E-state index >= 15 is 0 Å². The molecule has 0 aromatic carbocycles. The van der Waals surface area contributed by atoms with Crippen LogP contribution in [0.2, 0.25) is 0 Å². The number of carbonyl (C=O) groups excluding carboxylic acids is 1. The van der Waals surface area contributed by atoms with Crippen molar-refractivity contribution in [3.63, 3.8) is 0 Å². The number of rotatable bonds is 13. The van der Waals surface area contributed by atoms with Crippen LogP contribution in [0.4, 0.5) is 0 Å². The van der Waals surface area contributed by atoms with E-state index in [2.05, 4.69) is 6.92 Å². The summed E-state index contributed by atoms with van der Waals surface area (Å²) in [6.45, 7) is 2.84. The van der Waals surface area contributed by atoms with Gasteiger partial charge in [0.1, 0.15) is 0 Å². The molecule has 0 saturated carbocycles. The van der Waals surface area contributed by atoms with Gasteiger partial charge in [0.2, 0.25) is 0 Å². The molecule has 21 heavy (non-hydrogen) atoms. The van der Waals surface area contributed by atoms with Crippen LogP contribution in [0.3, 0.4) is 0 Å². The molecule has 0 radical (unpaired) electrons. The Kier molecular flexibility index (Phi) is 11.2. The molecule has 0 aliphatic rings. The van der Waals surface area contributed by atoms with Crippen molar-refractivity contribution in [2.24, 2.45) is 0 Å². The van der Waals surface area contributed by atoms with Gasteiger partial charge in [0.25, 0.3) is 0 Å². The third kappa shape index (κ3) is 10.5. The number of hydrogen-bond acceptors (Lipinski definition) is 3. The van der Waals surface area contributed by atoms with Gasteiger partial charge >= 0.3 is 5.97 Å². The molecule has 120 valence electrons. The first-order chi connectivity index (χ1) is 10.3. The number of esters is 1. The van der Waals surface area contributed by atoms with E-state index in [4.69, 9.17) is 4.74 Å². The van der Waals surface area contributed by atoms with Crippen molar-refractivity contribution < 1.29 is 9.53 Å². The summed E-state index contributed by atoms with van der Waals surface area (Å²) in [6.07, 6.45) is 13.5. The van der Waals surface area contributed by atoms with E-state index in [1.54, 1.807) is 11.3 Å². The second-order valence-corrected chi connectivity index (χ2v) is 6.69. The van der Waals surface area contributed by atoms with Crippen LogP contribution in [0, 0.1) is 0 Å². The lowest BCUT2D eigenvalue weighted by atomic mass is 10.1. The molecule has 0 spiro atoms. The third-order valence-electron chi connectivity index (χ3n) is 3.66. The third-order valence-corrected chi connectivity index (χ3v) is 4.54. The predicted molar refractivity (Wildman–Crippen MR) is 90.8 cm³/mol. The minimum atomic E-state index is -0.0895. The first-order valence-corrected chi connectivity index (χ1v) is 9.39. The van der Waals surface area contributed by atoms with Gasteiger partial charge in [-0.25, -0.2) is 0 Å². The van der Waals surface area contributed by atoms with Gasteiger partial charge < -0.3 is 4.74 Å². The average molecular weight is 311 g/mol. The SMILES string of the molecule is CCCCCCCCCCCCOC(=O)Cc1cccs1. The maximum atomic E-state index is 11.6. The summed E-state index contributed by atoms with van der Waals surface area (Å²) in [5.41, 5.74) is 0. The van der Waals surface area contributed by atoms with Crippen molar-refractivity contribution in [3.05, 3.63) is 22.4 Å². The summed E-state index contributed by atoms with van der Waals surface area (Å²) < 4.78 is 5.26. The maximum Gasteiger partial charge on any atom is 0.311 e. The Bertz CT molecular complexity index is 346. The van der Waals surface area contributed by atoms with Gasteiger partial charge in [-0.1, -0.05) is 70.8 Å². The van der Waals surface area contributed by atoms with Crippen molar-refractivity contribution >= 4 is 17.3 Å². The van der Waals surface area contributed by atoms with E-state index in [0.717, 1.165) is 11.3 Å². The summed E-state index contributed by atoms with van der Waals surface area (Å²) in [6, 6.07) is 3.95. The number of unbranched alkanes of at least 4 members (excludes halogenated alkanes) is 9. The molecule has 0 saturated heterocycles. The van der Waals surface area contributed by atoms with Crippen LogP contribution in [0.5, 0.6) is 0 Å². The number of thiophene rings is 1. The number of carbonyl (C=O) groups is 1. The Morgan fingerprint density at radius 3 is 2.19 bits per heavy atom. The van der Waals surface area contributed by atoms with Crippen LogP contribution in [0.25, 0.3) is 0 Å². The fourth-order valence-electron chi connectivity index (χ4n) is 2.38. The summed E-state index contributed by atoms with van der Waals surface area (Å²) >= 11 is 1.61. The van der Waals surface area contributed by atoms with Crippen molar-refractivity contribution in [3.8, 4) is 0 Å². The first kappa shape index (κ1) is 18.2. The smallest absolute Gasteiger partial charge is 0.311 e. The lowest BCUT2D eigenvalue weighted by molar-refractivity contribution is -0.142. The lowest BCUT2D eigenvalue weighted by Gasteiger charge is -2.04. The van der Waals surface area contributed by atoms with Gasteiger partial charge in [-0.15, -0.1) is 11.3 Å². The number of ether oxygens (including phenoxy) is 1. The molecule has 0 unspecified atom stereocenters. The van der Waals surface area contributed by atoms with Crippen LogP contribution in [-0.2, 0) is 16.0 Å². The highest BCUT2D eigenvalue weighted by Crippen LogP contribution is 2.11. The van der Waals surface area contributed by atoms with E-state index in [-0.39, 0.29) is 5.97 Å². The normalized spacial score (nSPS) is 10.7. The molecule has 3 heteroatoms. The molecular weight excluding hydrogens is 280 g/mol. The van der Waals surface area contributed by atoms with Crippen molar-refractivity contribution in [1.82, 2.24) is 0 Å². The van der Waals surface area contributed by atoms with Gasteiger partial charge in [-0.05, 0) is 17.9 Å². The fourth-order valence-corrected chi connectivity index (χ4v) is 3.07. The van der Waals surface area contributed by atoms with Gasteiger partial charge in [-0.2, -0.15) is 0 Å².